The molecule has 0 amide bonds. The molecule has 0 bridgehead atoms. The molecule has 2 N–H and O–H groups in total. The van der Waals surface area contributed by atoms with Crippen molar-refractivity contribution >= 4 is 11.6 Å². The summed E-state index contributed by atoms with van der Waals surface area (Å²) in [4.78, 5) is 0. The summed E-state index contributed by atoms with van der Waals surface area (Å²) in [5.74, 6) is 0. The summed E-state index contributed by atoms with van der Waals surface area (Å²) in [6.07, 6.45) is 5.54. The Labute approximate surface area is 119 Å². The van der Waals surface area contributed by atoms with Gasteiger partial charge in [0.1, 0.15) is 0 Å². The summed E-state index contributed by atoms with van der Waals surface area (Å²) in [6, 6.07) is 10.7. The van der Waals surface area contributed by atoms with Gasteiger partial charge >= 0.3 is 0 Å². The molecule has 3 rings (SSSR count). The molecule has 2 unspecified atom stereocenters. The largest absolute Gasteiger partial charge is 0.344 e. The van der Waals surface area contributed by atoms with Crippen molar-refractivity contribution in [3.05, 3.63) is 58.4 Å². The molecule has 2 atom stereocenters. The molecule has 2 aromatic rings. The maximum absolute atomic E-state index is 6.31. The van der Waals surface area contributed by atoms with E-state index in [0.717, 1.165) is 17.9 Å². The van der Waals surface area contributed by atoms with Crippen LogP contribution < -0.4 is 5.73 Å². The average molecular weight is 275 g/mol. The fourth-order valence-corrected chi connectivity index (χ4v) is 3.37. The Morgan fingerprint density at radius 3 is 2.89 bits per heavy atom. The zero-order valence-corrected chi connectivity index (χ0v) is 11.9. The van der Waals surface area contributed by atoms with Gasteiger partial charge in [-0.05, 0) is 49.4 Å². The lowest BCUT2D eigenvalue weighted by atomic mass is 9.93. The van der Waals surface area contributed by atoms with Gasteiger partial charge in [0.25, 0.3) is 0 Å². The van der Waals surface area contributed by atoms with E-state index < -0.39 is 0 Å². The lowest BCUT2D eigenvalue weighted by Gasteiger charge is -2.24. The number of rotatable bonds is 2. The quantitative estimate of drug-likeness (QED) is 0.879. The normalized spacial score (nSPS) is 20.1. The highest BCUT2D eigenvalue weighted by Crippen LogP contribution is 2.33. The summed E-state index contributed by atoms with van der Waals surface area (Å²) in [5, 5.41) is 0.831. The maximum atomic E-state index is 6.31. The molecule has 0 saturated heterocycles. The number of aromatic nitrogens is 1. The lowest BCUT2D eigenvalue weighted by Crippen LogP contribution is -2.19. The number of halogens is 1. The molecule has 2 nitrogen and oxygen atoms in total. The topological polar surface area (TPSA) is 30.9 Å². The standard InChI is InChI=1S/C16H19ClN2/c1-11(12-5-2-3-6-14(12)17)19-10-9-13-15(18)7-4-8-16(13)19/h2-3,5-6,9-11,15H,4,7-8,18H2,1H3. The van der Waals surface area contributed by atoms with Crippen LogP contribution in [-0.2, 0) is 6.42 Å². The number of hydrogen-bond donors (Lipinski definition) is 1. The van der Waals surface area contributed by atoms with Gasteiger partial charge in [-0.1, -0.05) is 29.8 Å². The predicted octanol–water partition coefficient (Wildman–Crippen LogP) is 4.09. The van der Waals surface area contributed by atoms with Crippen LogP contribution in [0, 0.1) is 0 Å². The Hall–Kier alpha value is -1.25. The molecule has 0 radical (unpaired) electrons. The molecule has 19 heavy (non-hydrogen) atoms. The first-order valence-electron chi connectivity index (χ1n) is 6.88. The highest BCUT2D eigenvalue weighted by molar-refractivity contribution is 6.31. The van der Waals surface area contributed by atoms with Crippen molar-refractivity contribution in [3.8, 4) is 0 Å². The summed E-state index contributed by atoms with van der Waals surface area (Å²) in [6.45, 7) is 2.20. The third-order valence-corrected chi connectivity index (χ3v) is 4.50. The molecule has 0 spiro atoms. The molecule has 1 aliphatic rings. The van der Waals surface area contributed by atoms with Crippen molar-refractivity contribution < 1.29 is 0 Å². The van der Waals surface area contributed by atoms with E-state index in [1.807, 2.05) is 18.2 Å². The molecule has 1 aromatic heterocycles. The Kier molecular flexibility index (Phi) is 3.38. The van der Waals surface area contributed by atoms with Crippen LogP contribution in [0.1, 0.15) is 48.7 Å². The molecule has 0 saturated carbocycles. The van der Waals surface area contributed by atoms with E-state index in [1.165, 1.54) is 23.2 Å². The van der Waals surface area contributed by atoms with Gasteiger partial charge in [0.15, 0.2) is 0 Å². The van der Waals surface area contributed by atoms with E-state index in [9.17, 15) is 0 Å². The highest BCUT2D eigenvalue weighted by atomic mass is 35.5. The number of benzene rings is 1. The minimum absolute atomic E-state index is 0.198. The molecule has 1 aliphatic carbocycles. The number of nitrogens with zero attached hydrogens (tertiary/aromatic N) is 1. The van der Waals surface area contributed by atoms with Gasteiger partial charge in [0.2, 0.25) is 0 Å². The van der Waals surface area contributed by atoms with Gasteiger partial charge < -0.3 is 10.3 Å². The van der Waals surface area contributed by atoms with Crippen LogP contribution in [0.5, 0.6) is 0 Å². The Bertz CT molecular complexity index is 588. The smallest absolute Gasteiger partial charge is 0.0569 e. The van der Waals surface area contributed by atoms with Crippen LogP contribution in [0.25, 0.3) is 0 Å². The van der Waals surface area contributed by atoms with Crippen molar-refractivity contribution in [2.75, 3.05) is 0 Å². The first-order chi connectivity index (χ1) is 9.18. The van der Waals surface area contributed by atoms with Crippen LogP contribution in [0.3, 0.4) is 0 Å². The lowest BCUT2D eigenvalue weighted by molar-refractivity contribution is 0.526. The Morgan fingerprint density at radius 1 is 1.32 bits per heavy atom. The summed E-state index contributed by atoms with van der Waals surface area (Å²) < 4.78 is 2.33. The number of fused-ring (bicyclic) bond motifs is 1. The van der Waals surface area contributed by atoms with Gasteiger partial charge in [-0.3, -0.25) is 0 Å². The van der Waals surface area contributed by atoms with Gasteiger partial charge in [0, 0.05) is 23.0 Å². The van der Waals surface area contributed by atoms with E-state index in [2.05, 4.69) is 29.8 Å². The van der Waals surface area contributed by atoms with Crippen molar-refractivity contribution in [2.45, 2.75) is 38.3 Å². The Balaban J connectivity index is 2.01. The second-order valence-electron chi connectivity index (χ2n) is 5.32. The predicted molar refractivity (Wildman–Crippen MR) is 79.6 cm³/mol. The van der Waals surface area contributed by atoms with E-state index in [1.54, 1.807) is 0 Å². The van der Waals surface area contributed by atoms with Gasteiger partial charge in [-0.2, -0.15) is 0 Å². The van der Waals surface area contributed by atoms with E-state index in [0.29, 0.717) is 0 Å². The van der Waals surface area contributed by atoms with Gasteiger partial charge in [-0.15, -0.1) is 0 Å². The highest BCUT2D eigenvalue weighted by Gasteiger charge is 2.23. The minimum atomic E-state index is 0.198. The molecule has 0 aliphatic heterocycles. The van der Waals surface area contributed by atoms with Crippen LogP contribution in [0.2, 0.25) is 5.02 Å². The van der Waals surface area contributed by atoms with Crippen molar-refractivity contribution in [1.29, 1.82) is 0 Å². The summed E-state index contributed by atoms with van der Waals surface area (Å²) in [7, 11) is 0. The summed E-state index contributed by atoms with van der Waals surface area (Å²) in [5.41, 5.74) is 10.0. The first-order valence-corrected chi connectivity index (χ1v) is 7.26. The molecule has 100 valence electrons. The first kappa shape index (κ1) is 12.8. The Morgan fingerprint density at radius 2 is 2.11 bits per heavy atom. The van der Waals surface area contributed by atoms with Crippen LogP contribution in [0.15, 0.2) is 36.5 Å². The molecule has 1 aromatic carbocycles. The third kappa shape index (κ3) is 2.19. The maximum Gasteiger partial charge on any atom is 0.0569 e. The SMILES string of the molecule is CC(c1ccccc1Cl)n1ccc2c1CCCC2N. The van der Waals surface area contributed by atoms with Crippen molar-refractivity contribution in [3.63, 3.8) is 0 Å². The number of hydrogen-bond acceptors (Lipinski definition) is 1. The van der Waals surface area contributed by atoms with Gasteiger partial charge in [-0.25, -0.2) is 0 Å². The van der Waals surface area contributed by atoms with Crippen molar-refractivity contribution in [2.24, 2.45) is 5.73 Å². The second-order valence-corrected chi connectivity index (χ2v) is 5.73. The van der Waals surface area contributed by atoms with Crippen LogP contribution in [0.4, 0.5) is 0 Å². The summed E-state index contributed by atoms with van der Waals surface area (Å²) >= 11 is 6.31. The fraction of sp³-hybridized carbons (Fsp3) is 0.375. The molecule has 3 heteroatoms. The van der Waals surface area contributed by atoms with E-state index in [-0.39, 0.29) is 12.1 Å². The van der Waals surface area contributed by atoms with Crippen LogP contribution in [-0.4, -0.2) is 4.57 Å². The molecular weight excluding hydrogens is 256 g/mol. The molecular formula is C16H19ClN2. The van der Waals surface area contributed by atoms with Crippen LogP contribution >= 0.6 is 11.6 Å². The molecule has 0 fully saturated rings. The second kappa shape index (κ2) is 5.03. The van der Waals surface area contributed by atoms with Crippen molar-refractivity contribution in [1.82, 2.24) is 4.57 Å². The zero-order valence-electron chi connectivity index (χ0n) is 11.1. The third-order valence-electron chi connectivity index (χ3n) is 4.16. The van der Waals surface area contributed by atoms with E-state index in [4.69, 9.17) is 17.3 Å². The minimum Gasteiger partial charge on any atom is -0.344 e. The number of nitrogens with two attached hydrogens (primary N) is 1. The van der Waals surface area contributed by atoms with E-state index >= 15 is 0 Å². The average Bonchev–Trinajstić information content (AvgIpc) is 2.84. The fourth-order valence-electron chi connectivity index (χ4n) is 3.08. The zero-order chi connectivity index (χ0) is 13.4. The monoisotopic (exact) mass is 274 g/mol. The molecule has 1 heterocycles. The van der Waals surface area contributed by atoms with Gasteiger partial charge in [0.05, 0.1) is 6.04 Å².